The Morgan fingerprint density at radius 2 is 1.71 bits per heavy atom. The number of aliphatic hydroxyl groups is 5. The largest absolute Gasteiger partial charge is 0.483 e. The molecule has 0 radical (unpaired) electrons. The highest BCUT2D eigenvalue weighted by Crippen LogP contribution is 2.61. The van der Waals surface area contributed by atoms with E-state index in [1.807, 2.05) is 4.98 Å². The van der Waals surface area contributed by atoms with Crippen LogP contribution in [-0.4, -0.2) is 101 Å². The predicted octanol–water partition coefficient (Wildman–Crippen LogP) is -3.76. The lowest BCUT2D eigenvalue weighted by molar-refractivity contribution is -0.280. The third-order valence-electron chi connectivity index (χ3n) is 5.06. The quantitative estimate of drug-likeness (QED) is 0.137. The van der Waals surface area contributed by atoms with E-state index in [1.54, 1.807) is 0 Å². The molecule has 0 aliphatic carbocycles. The Bertz CT molecular complexity index is 1090. The van der Waals surface area contributed by atoms with Gasteiger partial charge < -0.3 is 44.8 Å². The molecule has 8 N–H and O–H groups in total. The highest BCUT2D eigenvalue weighted by atomic mass is 31.3. The van der Waals surface area contributed by atoms with Gasteiger partial charge in [0.05, 0.1) is 19.3 Å². The van der Waals surface area contributed by atoms with Gasteiger partial charge in [0.2, 0.25) is 0 Å². The zero-order chi connectivity index (χ0) is 26.1. The average molecular weight is 550 g/mol. The van der Waals surface area contributed by atoms with Crippen LogP contribution in [0, 0.1) is 0 Å². The summed E-state index contributed by atoms with van der Waals surface area (Å²) in [6.07, 6.45) is -12.3. The molecule has 2 fully saturated rings. The molecule has 0 bridgehead atoms. The van der Waals surface area contributed by atoms with Crippen molar-refractivity contribution in [2.45, 2.75) is 55.6 Å². The fourth-order valence-electron chi connectivity index (χ4n) is 3.32. The number of nitrogens with zero attached hydrogens (tertiary/aromatic N) is 1. The molecule has 1 aromatic rings. The molecule has 3 rings (SSSR count). The minimum absolute atomic E-state index is 0.171. The van der Waals surface area contributed by atoms with E-state index in [9.17, 15) is 48.9 Å². The van der Waals surface area contributed by atoms with Gasteiger partial charge in [-0.2, -0.15) is 4.31 Å². The summed E-state index contributed by atoms with van der Waals surface area (Å²) in [5.74, 6) is 0. The second-order valence-electron chi connectivity index (χ2n) is 7.57. The van der Waals surface area contributed by atoms with Crippen molar-refractivity contribution >= 4 is 15.6 Å². The lowest BCUT2D eigenvalue weighted by Gasteiger charge is -2.39. The number of aliphatic hydroxyl groups excluding tert-OH is 5. The van der Waals surface area contributed by atoms with Crippen LogP contribution in [0.3, 0.4) is 0 Å². The highest BCUT2D eigenvalue weighted by molar-refractivity contribution is 7.61. The van der Waals surface area contributed by atoms with Gasteiger partial charge in [-0.1, -0.05) is 0 Å². The first-order valence-electron chi connectivity index (χ1n) is 9.88. The number of rotatable bonds is 9. The van der Waals surface area contributed by atoms with Gasteiger partial charge in [0.15, 0.2) is 6.29 Å². The maximum Gasteiger partial charge on any atom is 0.483 e. The number of ether oxygens (including phenoxy) is 2. The van der Waals surface area contributed by atoms with E-state index in [4.69, 9.17) is 14.6 Å². The van der Waals surface area contributed by atoms with Crippen molar-refractivity contribution in [2.75, 3.05) is 13.2 Å². The van der Waals surface area contributed by atoms with Crippen molar-refractivity contribution in [1.29, 1.82) is 0 Å². The van der Waals surface area contributed by atoms with Crippen LogP contribution >= 0.6 is 15.6 Å². The van der Waals surface area contributed by atoms with Crippen LogP contribution in [0.4, 0.5) is 0 Å². The average Bonchev–Trinajstić information content (AvgIpc) is 3.12. The summed E-state index contributed by atoms with van der Waals surface area (Å²) >= 11 is 0. The SMILES string of the molecule is O=c1ccn([C@H]2C[C@@H](O)[C@H](COP(=O)(O)OP(=O)(O)O[C@H]3O[C@H](CO)[C@@H](O)[C@H](O)[C@H]3O)O2)c(=O)[nH]1. The van der Waals surface area contributed by atoms with Gasteiger partial charge in [0, 0.05) is 18.7 Å². The van der Waals surface area contributed by atoms with Crippen LogP contribution < -0.4 is 11.2 Å². The van der Waals surface area contributed by atoms with E-state index < -0.39 is 89.2 Å². The van der Waals surface area contributed by atoms with Crippen molar-refractivity contribution in [3.05, 3.63) is 33.1 Å². The maximum absolute atomic E-state index is 12.1. The van der Waals surface area contributed by atoms with E-state index in [0.717, 1.165) is 16.8 Å². The first-order valence-corrected chi connectivity index (χ1v) is 12.9. The van der Waals surface area contributed by atoms with E-state index in [1.165, 1.54) is 0 Å². The summed E-state index contributed by atoms with van der Waals surface area (Å²) < 4.78 is 48.5. The van der Waals surface area contributed by atoms with E-state index in [0.29, 0.717) is 0 Å². The number of H-pyrrole nitrogens is 1. The molecule has 2 aliphatic heterocycles. The molecule has 0 amide bonds. The summed E-state index contributed by atoms with van der Waals surface area (Å²) in [7, 11) is -10.9. The lowest BCUT2D eigenvalue weighted by atomic mass is 10.00. The van der Waals surface area contributed by atoms with Crippen molar-refractivity contribution in [2.24, 2.45) is 0 Å². The molecule has 0 aromatic carbocycles. The number of nitrogens with one attached hydrogen (secondary N) is 1. The molecular formula is C15H24N2O16P2. The minimum Gasteiger partial charge on any atom is -0.394 e. The van der Waals surface area contributed by atoms with Crippen LogP contribution in [0.2, 0.25) is 0 Å². The molecule has 20 heteroatoms. The maximum atomic E-state index is 12.1. The molecule has 200 valence electrons. The van der Waals surface area contributed by atoms with Gasteiger partial charge in [-0.3, -0.25) is 23.4 Å². The standard InChI is InChI=1S/C15H24N2O16P2/c18-4-7-11(21)12(22)13(23)14(31-7)32-35(27,28)33-34(25,26)29-5-8-6(19)3-10(30-8)17-2-1-9(20)16-15(17)24/h1-2,6-8,10-14,18-19,21-23H,3-5H2,(H,25,26)(H,27,28)(H,16,20,24)/t6-,7-,8+,10-,11-,12+,13-,14-/m1/s1. The molecule has 3 heterocycles. The summed E-state index contributed by atoms with van der Waals surface area (Å²) in [5, 5.41) is 48.4. The zero-order valence-corrected chi connectivity index (χ0v) is 19.3. The third-order valence-corrected chi connectivity index (χ3v) is 7.66. The molecule has 10 atom stereocenters. The van der Waals surface area contributed by atoms with Gasteiger partial charge in [-0.05, 0) is 0 Å². The molecule has 1 aromatic heterocycles. The molecule has 2 unspecified atom stereocenters. The number of phosphoric acid groups is 2. The van der Waals surface area contributed by atoms with Gasteiger partial charge >= 0.3 is 21.3 Å². The fourth-order valence-corrected chi connectivity index (χ4v) is 5.47. The highest BCUT2D eigenvalue weighted by Gasteiger charge is 2.48. The lowest BCUT2D eigenvalue weighted by Crippen LogP contribution is -2.58. The second-order valence-corrected chi connectivity index (χ2v) is 10.6. The van der Waals surface area contributed by atoms with Gasteiger partial charge in [-0.25, -0.2) is 13.9 Å². The predicted molar refractivity (Wildman–Crippen MR) is 107 cm³/mol. The summed E-state index contributed by atoms with van der Waals surface area (Å²) in [4.78, 5) is 44.5. The Kier molecular flexibility index (Phi) is 8.84. The monoisotopic (exact) mass is 550 g/mol. The van der Waals surface area contributed by atoms with Crippen LogP contribution in [0.15, 0.2) is 21.9 Å². The van der Waals surface area contributed by atoms with Crippen molar-refractivity contribution in [1.82, 2.24) is 9.55 Å². The fraction of sp³-hybridized carbons (Fsp3) is 0.733. The van der Waals surface area contributed by atoms with Gasteiger partial charge in [0.1, 0.15) is 36.7 Å². The summed E-state index contributed by atoms with van der Waals surface area (Å²) in [5.41, 5.74) is -1.50. The number of hydrogen-bond acceptors (Lipinski definition) is 14. The van der Waals surface area contributed by atoms with E-state index in [2.05, 4.69) is 13.4 Å². The Balaban J connectivity index is 1.58. The summed E-state index contributed by atoms with van der Waals surface area (Å²) in [6, 6.07) is 1.03. The van der Waals surface area contributed by atoms with E-state index in [-0.39, 0.29) is 6.42 Å². The van der Waals surface area contributed by atoms with Crippen LogP contribution in [0.1, 0.15) is 12.6 Å². The minimum atomic E-state index is -5.53. The number of aromatic amines is 1. The molecule has 2 saturated heterocycles. The third kappa shape index (κ3) is 6.91. The van der Waals surface area contributed by atoms with E-state index >= 15 is 0 Å². The molecule has 2 aliphatic rings. The normalized spacial score (nSPS) is 37.0. The molecule has 0 spiro atoms. The summed E-state index contributed by atoms with van der Waals surface area (Å²) in [6.45, 7) is -1.73. The number of phosphoric ester groups is 2. The Hall–Kier alpha value is -1.34. The van der Waals surface area contributed by atoms with Crippen molar-refractivity contribution < 1.29 is 67.3 Å². The Morgan fingerprint density at radius 1 is 1.03 bits per heavy atom. The first kappa shape index (κ1) is 28.2. The van der Waals surface area contributed by atoms with Crippen molar-refractivity contribution in [3.63, 3.8) is 0 Å². The molecular weight excluding hydrogens is 526 g/mol. The van der Waals surface area contributed by atoms with Crippen molar-refractivity contribution in [3.8, 4) is 0 Å². The second kappa shape index (κ2) is 11.0. The Morgan fingerprint density at radius 3 is 2.34 bits per heavy atom. The first-order chi connectivity index (χ1) is 16.2. The Labute approximate surface area is 195 Å². The zero-order valence-electron chi connectivity index (χ0n) is 17.5. The molecule has 18 nitrogen and oxygen atoms in total. The molecule has 35 heavy (non-hydrogen) atoms. The smallest absolute Gasteiger partial charge is 0.394 e. The topological polar surface area (TPSA) is 277 Å². The van der Waals surface area contributed by atoms with Crippen LogP contribution in [0.25, 0.3) is 0 Å². The van der Waals surface area contributed by atoms with Crippen LogP contribution in [0.5, 0.6) is 0 Å². The van der Waals surface area contributed by atoms with Gasteiger partial charge in [-0.15, -0.1) is 0 Å². The van der Waals surface area contributed by atoms with Crippen LogP contribution in [-0.2, 0) is 32.0 Å². The van der Waals surface area contributed by atoms with Gasteiger partial charge in [0.25, 0.3) is 5.56 Å². The molecule has 0 saturated carbocycles. The number of aromatic nitrogens is 2. The number of hydrogen-bond donors (Lipinski definition) is 8.